The quantitative estimate of drug-likeness (QED) is 0.803. The van der Waals surface area contributed by atoms with Crippen molar-refractivity contribution in [2.75, 3.05) is 0 Å². The molecule has 8 nitrogen and oxygen atoms in total. The van der Waals surface area contributed by atoms with Crippen LogP contribution in [-0.2, 0) is 29.2 Å². The molecule has 0 spiro atoms. The van der Waals surface area contributed by atoms with E-state index in [9.17, 15) is 22.8 Å². The van der Waals surface area contributed by atoms with Crippen molar-refractivity contribution < 1.29 is 27.6 Å². The Morgan fingerprint density at radius 2 is 1.84 bits per heavy atom. The first-order chi connectivity index (χ1) is 11.8. The number of amides is 2. The molecule has 0 aromatic heterocycles. The molecule has 1 unspecified atom stereocenters. The summed E-state index contributed by atoms with van der Waals surface area (Å²) in [4.78, 5) is 39.2. The first-order valence-electron chi connectivity index (χ1n) is 7.34. The molecule has 130 valence electrons. The number of imide groups is 1. The van der Waals surface area contributed by atoms with Crippen molar-refractivity contribution in [1.29, 1.82) is 0 Å². The number of nitrogens with one attached hydrogen (secondary N) is 1. The number of carbonyl (C=O) groups is 3. The Labute approximate surface area is 143 Å². The maximum atomic E-state index is 12.5. The number of sulfonamides is 1. The Morgan fingerprint density at radius 1 is 1.16 bits per heavy atom. The number of benzene rings is 2. The third kappa shape index (κ3) is 3.37. The normalized spacial score (nSPS) is 18.0. The first kappa shape index (κ1) is 17.1. The standard InChI is InChI=1S/C16H14N2O6S/c1-10(19)24-18-15(20)9-14(16(18)21)17-25(22,23)13-7-6-11-4-2-3-5-12(11)8-13/h2-8,14,17H,9H2,1H3. The Morgan fingerprint density at radius 3 is 2.52 bits per heavy atom. The predicted octanol–water partition coefficient (Wildman–Crippen LogP) is 0.724. The summed E-state index contributed by atoms with van der Waals surface area (Å²) in [6, 6.07) is 10.4. The molecular formula is C16H14N2O6S. The van der Waals surface area contributed by atoms with Gasteiger partial charge in [0.25, 0.3) is 11.8 Å². The molecule has 0 saturated carbocycles. The summed E-state index contributed by atoms with van der Waals surface area (Å²) in [7, 11) is -4.03. The lowest BCUT2D eigenvalue weighted by atomic mass is 10.1. The number of carbonyl (C=O) groups excluding carboxylic acids is 3. The van der Waals surface area contributed by atoms with Crippen molar-refractivity contribution in [2.24, 2.45) is 0 Å². The van der Waals surface area contributed by atoms with Crippen LogP contribution >= 0.6 is 0 Å². The van der Waals surface area contributed by atoms with E-state index in [0.29, 0.717) is 0 Å². The molecule has 2 aromatic rings. The number of nitrogens with zero attached hydrogens (tertiary/aromatic N) is 1. The fourth-order valence-corrected chi connectivity index (χ4v) is 3.74. The molecule has 25 heavy (non-hydrogen) atoms. The Kier molecular flexibility index (Phi) is 4.27. The number of hydroxylamine groups is 2. The van der Waals surface area contributed by atoms with Crippen LogP contribution in [0.25, 0.3) is 10.8 Å². The lowest BCUT2D eigenvalue weighted by molar-refractivity contribution is -0.196. The van der Waals surface area contributed by atoms with Gasteiger partial charge < -0.3 is 4.84 Å². The average molecular weight is 362 g/mol. The molecule has 3 rings (SSSR count). The van der Waals surface area contributed by atoms with Crippen LogP contribution in [0.3, 0.4) is 0 Å². The average Bonchev–Trinajstić information content (AvgIpc) is 2.81. The summed E-state index contributed by atoms with van der Waals surface area (Å²) in [6.07, 6.45) is -0.418. The molecule has 0 radical (unpaired) electrons. The van der Waals surface area contributed by atoms with Crippen LogP contribution in [0.2, 0.25) is 0 Å². The molecule has 1 aliphatic heterocycles. The second kappa shape index (κ2) is 6.26. The van der Waals surface area contributed by atoms with E-state index in [-0.39, 0.29) is 9.96 Å². The van der Waals surface area contributed by atoms with E-state index >= 15 is 0 Å². The smallest absolute Gasteiger partial charge is 0.330 e. The molecule has 1 aliphatic rings. The van der Waals surface area contributed by atoms with Crippen LogP contribution in [-0.4, -0.2) is 37.3 Å². The van der Waals surface area contributed by atoms with Gasteiger partial charge in [0.2, 0.25) is 10.0 Å². The molecule has 1 N–H and O–H groups in total. The van der Waals surface area contributed by atoms with Gasteiger partial charge in [0.15, 0.2) is 0 Å². The Hall–Kier alpha value is -2.78. The minimum atomic E-state index is -4.03. The monoisotopic (exact) mass is 362 g/mol. The van der Waals surface area contributed by atoms with E-state index in [4.69, 9.17) is 0 Å². The summed E-state index contributed by atoms with van der Waals surface area (Å²) in [5.41, 5.74) is 0. The van der Waals surface area contributed by atoms with Crippen molar-refractivity contribution >= 4 is 38.6 Å². The van der Waals surface area contributed by atoms with Crippen LogP contribution in [0.15, 0.2) is 47.4 Å². The molecule has 0 bridgehead atoms. The summed E-state index contributed by atoms with van der Waals surface area (Å²) in [6.45, 7) is 1.03. The van der Waals surface area contributed by atoms with Gasteiger partial charge in [-0.1, -0.05) is 30.3 Å². The van der Waals surface area contributed by atoms with Gasteiger partial charge in [0.1, 0.15) is 6.04 Å². The van der Waals surface area contributed by atoms with Gasteiger partial charge in [-0.15, -0.1) is 5.06 Å². The predicted molar refractivity (Wildman–Crippen MR) is 86.3 cm³/mol. The molecule has 1 fully saturated rings. The summed E-state index contributed by atoms with van der Waals surface area (Å²) in [5.74, 6) is -2.56. The van der Waals surface area contributed by atoms with E-state index in [1.54, 1.807) is 18.2 Å². The summed E-state index contributed by atoms with van der Waals surface area (Å²) in [5, 5.41) is 1.88. The lowest BCUT2D eigenvalue weighted by Crippen LogP contribution is -2.42. The van der Waals surface area contributed by atoms with Gasteiger partial charge in [-0.3, -0.25) is 9.59 Å². The minimum Gasteiger partial charge on any atom is -0.331 e. The van der Waals surface area contributed by atoms with E-state index in [2.05, 4.69) is 9.56 Å². The van der Waals surface area contributed by atoms with Crippen LogP contribution in [0, 0.1) is 0 Å². The van der Waals surface area contributed by atoms with Crippen molar-refractivity contribution in [3.63, 3.8) is 0 Å². The van der Waals surface area contributed by atoms with Gasteiger partial charge in [-0.2, -0.15) is 4.72 Å². The van der Waals surface area contributed by atoms with E-state index in [1.807, 2.05) is 12.1 Å². The zero-order valence-electron chi connectivity index (χ0n) is 13.1. The molecule has 9 heteroatoms. The van der Waals surface area contributed by atoms with Crippen molar-refractivity contribution in [2.45, 2.75) is 24.3 Å². The highest BCUT2D eigenvalue weighted by atomic mass is 32.2. The van der Waals surface area contributed by atoms with E-state index in [1.165, 1.54) is 12.1 Å². The Bertz CT molecular complexity index is 985. The lowest BCUT2D eigenvalue weighted by Gasteiger charge is -2.13. The van der Waals surface area contributed by atoms with Crippen LogP contribution in [0.1, 0.15) is 13.3 Å². The first-order valence-corrected chi connectivity index (χ1v) is 8.83. The highest BCUT2D eigenvalue weighted by Gasteiger charge is 2.43. The van der Waals surface area contributed by atoms with Crippen LogP contribution < -0.4 is 4.72 Å². The van der Waals surface area contributed by atoms with Crippen molar-refractivity contribution in [3.05, 3.63) is 42.5 Å². The molecular weight excluding hydrogens is 348 g/mol. The third-order valence-corrected chi connectivity index (χ3v) is 5.12. The van der Waals surface area contributed by atoms with Crippen LogP contribution in [0.4, 0.5) is 0 Å². The third-order valence-electron chi connectivity index (χ3n) is 3.65. The molecule has 1 saturated heterocycles. The summed E-state index contributed by atoms with van der Waals surface area (Å²) >= 11 is 0. The van der Waals surface area contributed by atoms with Crippen LogP contribution in [0.5, 0.6) is 0 Å². The van der Waals surface area contributed by atoms with Crippen molar-refractivity contribution in [1.82, 2.24) is 9.79 Å². The zero-order valence-corrected chi connectivity index (χ0v) is 13.9. The second-order valence-electron chi connectivity index (χ2n) is 5.50. The highest BCUT2D eigenvalue weighted by molar-refractivity contribution is 7.89. The molecule has 0 aliphatic carbocycles. The zero-order chi connectivity index (χ0) is 18.2. The Balaban J connectivity index is 1.84. The maximum Gasteiger partial charge on any atom is 0.330 e. The van der Waals surface area contributed by atoms with Gasteiger partial charge in [-0.05, 0) is 22.9 Å². The number of fused-ring (bicyclic) bond motifs is 1. The SMILES string of the molecule is CC(=O)ON1C(=O)CC(NS(=O)(=O)c2ccc3ccccc3c2)C1=O. The fraction of sp³-hybridized carbons (Fsp3) is 0.188. The largest absolute Gasteiger partial charge is 0.331 e. The molecule has 2 amide bonds. The second-order valence-corrected chi connectivity index (χ2v) is 7.21. The molecule has 1 atom stereocenters. The van der Waals surface area contributed by atoms with Crippen molar-refractivity contribution in [3.8, 4) is 0 Å². The number of rotatable bonds is 4. The van der Waals surface area contributed by atoms with E-state index in [0.717, 1.165) is 17.7 Å². The van der Waals surface area contributed by atoms with Gasteiger partial charge in [0, 0.05) is 6.92 Å². The fourth-order valence-electron chi connectivity index (χ4n) is 2.52. The molecule has 1 heterocycles. The molecule has 2 aromatic carbocycles. The summed E-state index contributed by atoms with van der Waals surface area (Å²) < 4.78 is 27.2. The number of hydrogen-bond donors (Lipinski definition) is 1. The highest BCUT2D eigenvalue weighted by Crippen LogP contribution is 2.21. The van der Waals surface area contributed by atoms with Gasteiger partial charge in [-0.25, -0.2) is 13.2 Å². The van der Waals surface area contributed by atoms with Gasteiger partial charge in [0.05, 0.1) is 11.3 Å². The minimum absolute atomic E-state index is 0.0302. The maximum absolute atomic E-state index is 12.5. The van der Waals surface area contributed by atoms with E-state index < -0.39 is 40.3 Å². The number of hydrogen-bond acceptors (Lipinski definition) is 6. The topological polar surface area (TPSA) is 110 Å². The van der Waals surface area contributed by atoms with Gasteiger partial charge >= 0.3 is 5.97 Å².